The van der Waals surface area contributed by atoms with Crippen molar-refractivity contribution >= 4 is 23.2 Å². The molecule has 0 radical (unpaired) electrons. The van der Waals surface area contributed by atoms with Gasteiger partial charge in [0.25, 0.3) is 0 Å². The van der Waals surface area contributed by atoms with E-state index in [2.05, 4.69) is 20.9 Å². The van der Waals surface area contributed by atoms with E-state index in [-0.39, 0.29) is 18.1 Å². The fourth-order valence-electron chi connectivity index (χ4n) is 2.67. The van der Waals surface area contributed by atoms with Gasteiger partial charge in [0.1, 0.15) is 11.6 Å². The van der Waals surface area contributed by atoms with Crippen LogP contribution in [0.2, 0.25) is 0 Å². The summed E-state index contributed by atoms with van der Waals surface area (Å²) in [6.07, 6.45) is -0.106. The lowest BCUT2D eigenvalue weighted by Gasteiger charge is -2.13. The monoisotopic (exact) mass is 400 g/mol. The van der Waals surface area contributed by atoms with E-state index in [4.69, 9.17) is 0 Å². The molecule has 0 bridgehead atoms. The Morgan fingerprint density at radius 2 is 1.66 bits per heavy atom. The normalized spacial score (nSPS) is 10.5. The van der Waals surface area contributed by atoms with Gasteiger partial charge >= 0.3 is 0 Å². The summed E-state index contributed by atoms with van der Waals surface area (Å²) in [5.74, 6) is -1.64. The first-order valence-corrected chi connectivity index (χ1v) is 8.85. The van der Waals surface area contributed by atoms with Gasteiger partial charge in [-0.2, -0.15) is 0 Å². The summed E-state index contributed by atoms with van der Waals surface area (Å²) in [6, 6.07) is 12.8. The molecule has 0 aliphatic rings. The minimum Gasteiger partial charge on any atom is -0.371 e. The molecule has 3 aromatic rings. The van der Waals surface area contributed by atoms with E-state index in [9.17, 15) is 18.0 Å². The predicted octanol–water partition coefficient (Wildman–Crippen LogP) is 4.33. The molecule has 8 heteroatoms. The molecule has 0 aliphatic carbocycles. The number of aromatic nitrogens is 1. The first kappa shape index (κ1) is 20.2. The molecule has 0 atom stereocenters. The molecule has 1 heterocycles. The van der Waals surface area contributed by atoms with Crippen molar-refractivity contribution < 1.29 is 18.0 Å². The topological polar surface area (TPSA) is 66.1 Å². The maximum absolute atomic E-state index is 13.3. The summed E-state index contributed by atoms with van der Waals surface area (Å²) >= 11 is 0. The minimum atomic E-state index is -0.996. The molecule has 0 saturated heterocycles. The maximum Gasteiger partial charge on any atom is 0.228 e. The lowest BCUT2D eigenvalue weighted by molar-refractivity contribution is -0.115. The molecule has 1 aromatic heterocycles. The Kier molecular flexibility index (Phi) is 6.33. The number of halogens is 3. The molecule has 0 spiro atoms. The van der Waals surface area contributed by atoms with E-state index in [0.29, 0.717) is 29.4 Å². The Morgan fingerprint density at radius 1 is 0.931 bits per heavy atom. The van der Waals surface area contributed by atoms with Gasteiger partial charge in [-0.05, 0) is 47.5 Å². The van der Waals surface area contributed by atoms with Gasteiger partial charge in [0.2, 0.25) is 5.91 Å². The zero-order valence-corrected chi connectivity index (χ0v) is 15.6. The molecule has 150 valence electrons. The molecule has 2 aromatic carbocycles. The number of carbonyl (C=O) groups is 1. The van der Waals surface area contributed by atoms with E-state index in [1.165, 1.54) is 18.2 Å². The highest BCUT2D eigenvalue weighted by atomic mass is 19.2. The largest absolute Gasteiger partial charge is 0.371 e. The van der Waals surface area contributed by atoms with Crippen molar-refractivity contribution in [2.24, 2.45) is 0 Å². The van der Waals surface area contributed by atoms with Crippen LogP contribution in [0.1, 0.15) is 11.1 Å². The molecule has 0 aliphatic heterocycles. The number of hydrogen-bond acceptors (Lipinski definition) is 4. The van der Waals surface area contributed by atoms with Gasteiger partial charge in [-0.3, -0.25) is 4.79 Å². The first-order chi connectivity index (χ1) is 13.9. The fourth-order valence-corrected chi connectivity index (χ4v) is 2.67. The smallest absolute Gasteiger partial charge is 0.228 e. The third kappa shape index (κ3) is 5.47. The maximum atomic E-state index is 13.3. The third-order valence-electron chi connectivity index (χ3n) is 4.14. The summed E-state index contributed by atoms with van der Waals surface area (Å²) < 4.78 is 39.2. The Balaban J connectivity index is 1.63. The molecular formula is C21H19F3N4O. The zero-order valence-electron chi connectivity index (χ0n) is 15.6. The van der Waals surface area contributed by atoms with Crippen molar-refractivity contribution in [1.82, 2.24) is 4.98 Å². The Labute approximate surface area is 166 Å². The van der Waals surface area contributed by atoms with E-state index >= 15 is 0 Å². The van der Waals surface area contributed by atoms with Crippen LogP contribution in [-0.2, 0) is 17.8 Å². The zero-order chi connectivity index (χ0) is 20.8. The van der Waals surface area contributed by atoms with Crippen molar-refractivity contribution in [2.75, 3.05) is 23.0 Å². The molecule has 0 unspecified atom stereocenters. The van der Waals surface area contributed by atoms with Gasteiger partial charge in [0.15, 0.2) is 17.5 Å². The third-order valence-corrected chi connectivity index (χ3v) is 4.14. The number of rotatable bonds is 7. The Hall–Kier alpha value is -3.55. The number of anilines is 3. The molecule has 0 fully saturated rings. The van der Waals surface area contributed by atoms with Crippen molar-refractivity contribution in [2.45, 2.75) is 13.0 Å². The van der Waals surface area contributed by atoms with Crippen LogP contribution in [0.4, 0.5) is 30.5 Å². The van der Waals surface area contributed by atoms with Gasteiger partial charge in [0.05, 0.1) is 12.1 Å². The summed E-state index contributed by atoms with van der Waals surface area (Å²) in [6.45, 7) is 0.457. The van der Waals surface area contributed by atoms with E-state index in [1.807, 2.05) is 0 Å². The molecule has 1 amide bonds. The van der Waals surface area contributed by atoms with Gasteiger partial charge in [-0.25, -0.2) is 18.2 Å². The second kappa shape index (κ2) is 9.09. The number of carbonyl (C=O) groups excluding carboxylic acids is 1. The molecular weight excluding hydrogens is 381 g/mol. The molecule has 5 nitrogen and oxygen atoms in total. The van der Waals surface area contributed by atoms with E-state index < -0.39 is 11.6 Å². The van der Waals surface area contributed by atoms with Crippen molar-refractivity contribution in [3.63, 3.8) is 0 Å². The van der Waals surface area contributed by atoms with Crippen LogP contribution in [0.5, 0.6) is 0 Å². The first-order valence-electron chi connectivity index (χ1n) is 8.85. The number of pyridine rings is 1. The number of nitrogens with one attached hydrogen (secondary N) is 3. The standard InChI is InChI=1S/C21H19F3N4O/c1-25-21-18(27-20(29)11-14-4-7-16(23)17(24)10-14)8-9-19(28-21)26-12-13-2-5-15(22)6-3-13/h2-10H,11-12H2,1H3,(H,27,29)(H2,25,26,28). The fraction of sp³-hybridized carbons (Fsp3) is 0.143. The van der Waals surface area contributed by atoms with Crippen LogP contribution >= 0.6 is 0 Å². The highest BCUT2D eigenvalue weighted by molar-refractivity contribution is 5.95. The highest BCUT2D eigenvalue weighted by Gasteiger charge is 2.11. The van der Waals surface area contributed by atoms with Gasteiger partial charge in [-0.1, -0.05) is 18.2 Å². The predicted molar refractivity (Wildman–Crippen MR) is 106 cm³/mol. The average molecular weight is 400 g/mol. The number of hydrogen-bond donors (Lipinski definition) is 3. The summed E-state index contributed by atoms with van der Waals surface area (Å²) in [5, 5.41) is 8.73. The van der Waals surface area contributed by atoms with Gasteiger partial charge in [0, 0.05) is 13.6 Å². The second-order valence-electron chi connectivity index (χ2n) is 6.30. The van der Waals surface area contributed by atoms with E-state index in [0.717, 1.165) is 17.7 Å². The van der Waals surface area contributed by atoms with Crippen molar-refractivity contribution in [1.29, 1.82) is 0 Å². The summed E-state index contributed by atoms with van der Waals surface area (Å²) in [5.41, 5.74) is 1.70. The lowest BCUT2D eigenvalue weighted by atomic mass is 10.1. The van der Waals surface area contributed by atoms with Crippen LogP contribution in [0.15, 0.2) is 54.6 Å². The highest BCUT2D eigenvalue weighted by Crippen LogP contribution is 2.22. The molecule has 0 saturated carbocycles. The number of nitrogens with zero attached hydrogens (tertiary/aromatic N) is 1. The summed E-state index contributed by atoms with van der Waals surface area (Å²) in [4.78, 5) is 16.6. The van der Waals surface area contributed by atoms with Crippen molar-refractivity contribution in [3.05, 3.63) is 83.2 Å². The Bertz CT molecular complexity index is 1010. The van der Waals surface area contributed by atoms with Crippen LogP contribution in [0.3, 0.4) is 0 Å². The number of amides is 1. The molecule has 3 rings (SSSR count). The molecule has 3 N–H and O–H groups in total. The van der Waals surface area contributed by atoms with E-state index in [1.54, 1.807) is 31.3 Å². The van der Waals surface area contributed by atoms with Crippen LogP contribution in [-0.4, -0.2) is 17.9 Å². The summed E-state index contributed by atoms with van der Waals surface area (Å²) in [7, 11) is 1.66. The lowest BCUT2D eigenvalue weighted by Crippen LogP contribution is -2.16. The average Bonchev–Trinajstić information content (AvgIpc) is 2.71. The van der Waals surface area contributed by atoms with Crippen molar-refractivity contribution in [3.8, 4) is 0 Å². The van der Waals surface area contributed by atoms with Crippen LogP contribution in [0, 0.1) is 17.5 Å². The Morgan fingerprint density at radius 3 is 2.34 bits per heavy atom. The SMILES string of the molecule is CNc1nc(NCc2ccc(F)cc2)ccc1NC(=O)Cc1ccc(F)c(F)c1. The van der Waals surface area contributed by atoms with Crippen LogP contribution in [0.25, 0.3) is 0 Å². The second-order valence-corrected chi connectivity index (χ2v) is 6.30. The van der Waals surface area contributed by atoms with Gasteiger partial charge in [-0.15, -0.1) is 0 Å². The minimum absolute atomic E-state index is 0.106. The molecule has 29 heavy (non-hydrogen) atoms. The quantitative estimate of drug-likeness (QED) is 0.552. The van der Waals surface area contributed by atoms with Crippen LogP contribution < -0.4 is 16.0 Å². The number of benzene rings is 2. The van der Waals surface area contributed by atoms with Gasteiger partial charge < -0.3 is 16.0 Å².